The van der Waals surface area contributed by atoms with E-state index in [1.54, 1.807) is 10.8 Å². The zero-order chi connectivity index (χ0) is 41.1. The SMILES string of the molecule is CC1(c2cc(-c3[c-]cccc3)ncc2[Si](C)(C)C)CCCCC1.[Ir].[c-]1cc2c(cc1-c1cc(C3CCCCC3)ccn1)oc1c(-c3ccc(-c4ccccc4)cc3)cccc12. The second-order valence-corrected chi connectivity index (χ2v) is 23.5. The Morgan fingerprint density at radius 1 is 0.639 bits per heavy atom. The van der Waals surface area contributed by atoms with Crippen molar-refractivity contribution < 1.29 is 24.5 Å². The van der Waals surface area contributed by atoms with Gasteiger partial charge in [-0.05, 0) is 87.3 Å². The predicted molar refractivity (Wildman–Crippen MR) is 254 cm³/mol. The normalized spacial score (nSPS) is 15.5. The van der Waals surface area contributed by atoms with E-state index in [-0.39, 0.29) is 20.1 Å². The molecule has 311 valence electrons. The molecule has 5 aromatic carbocycles. The van der Waals surface area contributed by atoms with Crippen LogP contribution in [-0.4, -0.2) is 18.0 Å². The van der Waals surface area contributed by atoms with E-state index in [9.17, 15) is 0 Å². The first-order valence-electron chi connectivity index (χ1n) is 22.2. The zero-order valence-corrected chi connectivity index (χ0v) is 39.5. The molecule has 2 aliphatic rings. The number of benzene rings is 5. The van der Waals surface area contributed by atoms with Gasteiger partial charge in [0.25, 0.3) is 0 Å². The van der Waals surface area contributed by atoms with Gasteiger partial charge in [0.1, 0.15) is 5.58 Å². The van der Waals surface area contributed by atoms with Crippen molar-refractivity contribution in [2.75, 3.05) is 0 Å². The van der Waals surface area contributed by atoms with Crippen LogP contribution in [0.15, 0.2) is 144 Å². The summed E-state index contributed by atoms with van der Waals surface area (Å²) in [6.45, 7) is 9.79. The van der Waals surface area contributed by atoms with Crippen LogP contribution in [-0.2, 0) is 25.5 Å². The number of rotatable bonds is 7. The first-order valence-corrected chi connectivity index (χ1v) is 25.7. The summed E-state index contributed by atoms with van der Waals surface area (Å²) >= 11 is 0. The van der Waals surface area contributed by atoms with Crippen LogP contribution in [0.1, 0.15) is 88.2 Å². The van der Waals surface area contributed by atoms with Gasteiger partial charge in [-0.25, -0.2) is 0 Å². The third kappa shape index (κ3) is 9.31. The summed E-state index contributed by atoms with van der Waals surface area (Å²) < 4.78 is 6.51. The monoisotopic (exact) mass is 993 g/mol. The van der Waals surface area contributed by atoms with Crippen molar-refractivity contribution in [2.45, 2.75) is 102 Å². The third-order valence-electron chi connectivity index (χ3n) is 13.2. The third-order valence-corrected chi connectivity index (χ3v) is 15.2. The molecule has 5 heteroatoms. The number of furan rings is 1. The molecule has 3 heterocycles. The van der Waals surface area contributed by atoms with Gasteiger partial charge in [0, 0.05) is 38.1 Å². The van der Waals surface area contributed by atoms with E-state index >= 15 is 0 Å². The van der Waals surface area contributed by atoms with E-state index in [0.29, 0.717) is 11.3 Å². The van der Waals surface area contributed by atoms with Crippen LogP contribution in [0, 0.1) is 12.1 Å². The number of aromatic nitrogens is 2. The molecule has 0 unspecified atom stereocenters. The van der Waals surface area contributed by atoms with Gasteiger partial charge in [-0.15, -0.1) is 53.6 Å². The van der Waals surface area contributed by atoms with Crippen LogP contribution in [0.5, 0.6) is 0 Å². The fourth-order valence-corrected chi connectivity index (χ4v) is 11.4. The summed E-state index contributed by atoms with van der Waals surface area (Å²) in [5.74, 6) is 0.654. The van der Waals surface area contributed by atoms with Crippen molar-refractivity contribution in [3.05, 3.63) is 163 Å². The summed E-state index contributed by atoms with van der Waals surface area (Å²) in [6, 6.07) is 51.6. The van der Waals surface area contributed by atoms with E-state index in [1.807, 2.05) is 24.4 Å². The fraction of sp³-hybridized carbons (Fsp3) is 0.286. The molecule has 0 atom stereocenters. The van der Waals surface area contributed by atoms with Crippen LogP contribution in [0.2, 0.25) is 19.6 Å². The first kappa shape index (κ1) is 42.7. The van der Waals surface area contributed by atoms with E-state index in [2.05, 4.69) is 154 Å². The molecule has 0 bridgehead atoms. The van der Waals surface area contributed by atoms with Crippen molar-refractivity contribution >= 4 is 35.2 Å². The molecular weight excluding hydrogens is 937 g/mol. The Balaban J connectivity index is 0.000000185. The standard InChI is InChI=1S/C35H28NO.C21H28NSi.Ir/c1-3-8-24(9-4-1)26-14-16-27(17-15-26)30-12-7-13-32-31-19-18-29(23-34(31)37-35(30)32)33-22-28(20-21-36-33)25-10-5-2-6-11-25;1-21(13-9-6-10-14-21)18-15-19(17-11-7-5-8-12-17)22-16-20(18)23(2,3)4;/h1,3-4,7-9,12-17,19-23,25H,2,5-6,10-11H2;5,7-8,11,15-16H,6,9-10,13-14H2,1-4H3;/q2*-1;. The van der Waals surface area contributed by atoms with Gasteiger partial charge < -0.3 is 14.4 Å². The van der Waals surface area contributed by atoms with Gasteiger partial charge >= 0.3 is 0 Å². The minimum Gasteiger partial charge on any atom is -0.476 e. The van der Waals surface area contributed by atoms with Crippen molar-refractivity contribution in [2.24, 2.45) is 0 Å². The molecule has 3 aromatic heterocycles. The first-order chi connectivity index (χ1) is 29.2. The molecular formula is C56H56IrN2OSi-2. The molecule has 0 N–H and O–H groups in total. The van der Waals surface area contributed by atoms with Crippen molar-refractivity contribution in [3.8, 4) is 44.8 Å². The molecule has 2 aliphatic carbocycles. The van der Waals surface area contributed by atoms with E-state index in [1.165, 1.54) is 80.9 Å². The molecule has 1 radical (unpaired) electrons. The topological polar surface area (TPSA) is 38.9 Å². The largest absolute Gasteiger partial charge is 0.476 e. The Morgan fingerprint density at radius 2 is 1.34 bits per heavy atom. The minimum absolute atomic E-state index is 0. The molecule has 8 aromatic rings. The van der Waals surface area contributed by atoms with Crippen LogP contribution in [0.25, 0.3) is 66.7 Å². The summed E-state index contributed by atoms with van der Waals surface area (Å²) in [5, 5.41) is 3.75. The van der Waals surface area contributed by atoms with Gasteiger partial charge in [0.15, 0.2) is 0 Å². The Hall–Kier alpha value is -4.93. The molecule has 2 fully saturated rings. The van der Waals surface area contributed by atoms with Gasteiger partial charge in [0.2, 0.25) is 0 Å². The van der Waals surface area contributed by atoms with Crippen molar-refractivity contribution in [1.82, 2.24) is 9.97 Å². The summed E-state index contributed by atoms with van der Waals surface area (Å²) in [5.41, 5.74) is 13.9. The molecule has 2 saturated carbocycles. The van der Waals surface area contributed by atoms with E-state index in [4.69, 9.17) is 14.4 Å². The maximum absolute atomic E-state index is 6.51. The quantitative estimate of drug-likeness (QED) is 0.118. The summed E-state index contributed by atoms with van der Waals surface area (Å²) in [6.07, 6.45) is 17.5. The summed E-state index contributed by atoms with van der Waals surface area (Å²) in [4.78, 5) is 9.50. The smallest absolute Gasteiger partial charge is 0.131 e. The molecule has 0 spiro atoms. The maximum Gasteiger partial charge on any atom is 0.131 e. The van der Waals surface area contributed by atoms with Crippen LogP contribution < -0.4 is 5.19 Å². The van der Waals surface area contributed by atoms with Crippen LogP contribution in [0.4, 0.5) is 0 Å². The Kier molecular flexibility index (Phi) is 13.0. The van der Waals surface area contributed by atoms with Crippen molar-refractivity contribution in [1.29, 1.82) is 0 Å². The van der Waals surface area contributed by atoms with Gasteiger partial charge in [-0.2, -0.15) is 0 Å². The second kappa shape index (κ2) is 18.6. The molecule has 10 rings (SSSR count). The van der Waals surface area contributed by atoms with Gasteiger partial charge in [-0.1, -0.05) is 167 Å². The number of para-hydroxylation sites is 1. The number of hydrogen-bond donors (Lipinski definition) is 0. The maximum atomic E-state index is 6.51. The van der Waals surface area contributed by atoms with Crippen molar-refractivity contribution in [3.63, 3.8) is 0 Å². The predicted octanol–water partition coefficient (Wildman–Crippen LogP) is 15.1. The molecule has 0 amide bonds. The Labute approximate surface area is 377 Å². The Bertz CT molecular complexity index is 2710. The second-order valence-electron chi connectivity index (χ2n) is 18.4. The van der Waals surface area contributed by atoms with E-state index < -0.39 is 8.07 Å². The Morgan fingerprint density at radius 3 is 2.08 bits per heavy atom. The molecule has 61 heavy (non-hydrogen) atoms. The van der Waals surface area contributed by atoms with Crippen LogP contribution in [0.3, 0.4) is 0 Å². The van der Waals surface area contributed by atoms with E-state index in [0.717, 1.165) is 55.6 Å². The van der Waals surface area contributed by atoms with Gasteiger partial charge in [0.05, 0.1) is 13.7 Å². The number of pyridine rings is 2. The minimum atomic E-state index is -1.41. The average molecular weight is 993 g/mol. The number of hydrogen-bond acceptors (Lipinski definition) is 3. The number of fused-ring (bicyclic) bond motifs is 3. The van der Waals surface area contributed by atoms with Gasteiger partial charge in [-0.3, -0.25) is 0 Å². The molecule has 3 nitrogen and oxygen atoms in total. The average Bonchev–Trinajstić information content (AvgIpc) is 3.68. The van der Waals surface area contributed by atoms with Crippen LogP contribution >= 0.6 is 0 Å². The zero-order valence-electron chi connectivity index (χ0n) is 36.1. The molecule has 0 aliphatic heterocycles. The molecule has 0 saturated heterocycles. The fourth-order valence-electron chi connectivity index (χ4n) is 9.72. The number of nitrogens with zero attached hydrogens (tertiary/aromatic N) is 2. The summed E-state index contributed by atoms with van der Waals surface area (Å²) in [7, 11) is -1.41.